The van der Waals surface area contributed by atoms with Crippen LogP contribution < -0.4 is 15.0 Å². The normalized spacial score (nSPS) is 19.0. The summed E-state index contributed by atoms with van der Waals surface area (Å²) >= 11 is 0. The Kier molecular flexibility index (Phi) is 5.83. The molecular formula is C22H26N4O5S. The summed E-state index contributed by atoms with van der Waals surface area (Å²) in [6.45, 7) is 2.62. The molecule has 1 atom stereocenters. The number of amides is 2. The molecule has 2 aromatic carbocycles. The third kappa shape index (κ3) is 4.15. The van der Waals surface area contributed by atoms with Crippen LogP contribution in [0.25, 0.3) is 0 Å². The molecule has 1 fully saturated rings. The highest BCUT2D eigenvalue weighted by Gasteiger charge is 2.32. The molecule has 0 spiro atoms. The fourth-order valence-corrected chi connectivity index (χ4v) is 5.16. The van der Waals surface area contributed by atoms with Gasteiger partial charge in [-0.15, -0.1) is 0 Å². The molecule has 0 saturated carbocycles. The van der Waals surface area contributed by atoms with E-state index in [2.05, 4.69) is 5.32 Å². The highest BCUT2D eigenvalue weighted by molar-refractivity contribution is 7.89. The van der Waals surface area contributed by atoms with Gasteiger partial charge >= 0.3 is 0 Å². The minimum absolute atomic E-state index is 0.0775. The number of piperazine rings is 1. The molecule has 2 heterocycles. The molecule has 0 bridgehead atoms. The topological polar surface area (TPSA) is 99.3 Å². The highest BCUT2D eigenvalue weighted by atomic mass is 32.2. The number of fused-ring (bicyclic) bond motifs is 1. The average molecular weight is 459 g/mol. The van der Waals surface area contributed by atoms with Crippen molar-refractivity contribution in [1.82, 2.24) is 9.21 Å². The second-order valence-corrected chi connectivity index (χ2v) is 9.98. The number of hydrogen-bond acceptors (Lipinski definition) is 6. The van der Waals surface area contributed by atoms with E-state index in [1.54, 1.807) is 30.0 Å². The van der Waals surface area contributed by atoms with Crippen LogP contribution >= 0.6 is 0 Å². The molecule has 170 valence electrons. The van der Waals surface area contributed by atoms with E-state index >= 15 is 0 Å². The van der Waals surface area contributed by atoms with Crippen molar-refractivity contribution in [3.8, 4) is 5.75 Å². The number of carbonyl (C=O) groups is 2. The smallest absolute Gasteiger partial charge is 0.265 e. The van der Waals surface area contributed by atoms with Gasteiger partial charge in [0.1, 0.15) is 5.75 Å². The summed E-state index contributed by atoms with van der Waals surface area (Å²) in [4.78, 5) is 28.4. The Morgan fingerprint density at radius 2 is 1.72 bits per heavy atom. The van der Waals surface area contributed by atoms with Crippen molar-refractivity contribution in [2.75, 3.05) is 50.5 Å². The van der Waals surface area contributed by atoms with E-state index < -0.39 is 16.1 Å². The van der Waals surface area contributed by atoms with Crippen LogP contribution in [0.3, 0.4) is 0 Å². The molecule has 2 amide bonds. The van der Waals surface area contributed by atoms with Crippen LogP contribution in [0.15, 0.2) is 47.4 Å². The van der Waals surface area contributed by atoms with E-state index in [0.717, 1.165) is 5.69 Å². The number of nitrogens with zero attached hydrogens (tertiary/aromatic N) is 3. The molecule has 1 N–H and O–H groups in total. The largest absolute Gasteiger partial charge is 0.479 e. The van der Waals surface area contributed by atoms with Crippen molar-refractivity contribution in [2.24, 2.45) is 0 Å². The molecule has 0 aromatic heterocycles. The molecule has 0 aliphatic carbocycles. The van der Waals surface area contributed by atoms with Crippen LogP contribution in [-0.4, -0.2) is 75.8 Å². The predicted molar refractivity (Wildman–Crippen MR) is 121 cm³/mol. The lowest BCUT2D eigenvalue weighted by molar-refractivity contribution is -0.122. The maximum Gasteiger partial charge on any atom is 0.265 e. The van der Waals surface area contributed by atoms with E-state index in [0.29, 0.717) is 30.1 Å². The first-order valence-electron chi connectivity index (χ1n) is 10.4. The van der Waals surface area contributed by atoms with Crippen molar-refractivity contribution in [3.05, 3.63) is 48.0 Å². The lowest BCUT2D eigenvalue weighted by atomic mass is 10.1. The van der Waals surface area contributed by atoms with Gasteiger partial charge < -0.3 is 19.9 Å². The Balaban J connectivity index is 1.44. The lowest BCUT2D eigenvalue weighted by Crippen LogP contribution is -2.50. The summed E-state index contributed by atoms with van der Waals surface area (Å²) in [6.07, 6.45) is -0.630. The molecule has 10 heteroatoms. The summed E-state index contributed by atoms with van der Waals surface area (Å²) < 4.78 is 33.1. The molecule has 0 radical (unpaired) electrons. The minimum atomic E-state index is -3.77. The maximum atomic E-state index is 13.1. The third-order valence-corrected chi connectivity index (χ3v) is 7.57. The van der Waals surface area contributed by atoms with Crippen LogP contribution in [-0.2, 0) is 14.8 Å². The van der Waals surface area contributed by atoms with Gasteiger partial charge in [-0.2, -0.15) is 4.31 Å². The van der Waals surface area contributed by atoms with Crippen molar-refractivity contribution in [2.45, 2.75) is 17.9 Å². The second-order valence-electron chi connectivity index (χ2n) is 8.04. The Bertz CT molecular complexity index is 1140. The van der Waals surface area contributed by atoms with Crippen LogP contribution in [0.4, 0.5) is 11.4 Å². The molecule has 2 aromatic rings. The monoisotopic (exact) mass is 458 g/mol. The van der Waals surface area contributed by atoms with Crippen LogP contribution in [0.5, 0.6) is 5.75 Å². The van der Waals surface area contributed by atoms with Gasteiger partial charge in [0.2, 0.25) is 10.0 Å². The number of rotatable bonds is 4. The van der Waals surface area contributed by atoms with Gasteiger partial charge in [-0.05, 0) is 49.4 Å². The van der Waals surface area contributed by atoms with E-state index in [1.807, 2.05) is 31.1 Å². The van der Waals surface area contributed by atoms with Crippen molar-refractivity contribution in [1.29, 1.82) is 0 Å². The lowest BCUT2D eigenvalue weighted by Gasteiger charge is -2.34. The summed E-state index contributed by atoms with van der Waals surface area (Å²) in [7, 11) is 0.0897. The van der Waals surface area contributed by atoms with Gasteiger partial charge in [-0.25, -0.2) is 8.42 Å². The van der Waals surface area contributed by atoms with E-state index in [9.17, 15) is 18.0 Å². The molecule has 9 nitrogen and oxygen atoms in total. The van der Waals surface area contributed by atoms with Crippen LogP contribution in [0, 0.1) is 0 Å². The van der Waals surface area contributed by atoms with Gasteiger partial charge in [0.15, 0.2) is 6.10 Å². The predicted octanol–water partition coefficient (Wildman–Crippen LogP) is 1.62. The summed E-state index contributed by atoms with van der Waals surface area (Å²) in [6, 6.07) is 11.8. The number of hydrogen-bond donors (Lipinski definition) is 1. The summed E-state index contributed by atoms with van der Waals surface area (Å²) in [5.74, 6) is -0.000318. The van der Waals surface area contributed by atoms with Gasteiger partial charge in [-0.3, -0.25) is 9.59 Å². The first-order chi connectivity index (χ1) is 15.2. The van der Waals surface area contributed by atoms with Crippen molar-refractivity contribution < 1.29 is 22.7 Å². The number of carbonyl (C=O) groups excluding carboxylic acids is 2. The Labute approximate surface area is 187 Å². The Hall–Kier alpha value is -3.11. The molecule has 0 unspecified atom stereocenters. The maximum absolute atomic E-state index is 13.1. The SMILES string of the molecule is C[C@H]1Oc2ccc(S(=O)(=O)N3CCN(C(=O)c4ccc(N(C)C)cc4)CC3)cc2NC1=O. The molecular weight excluding hydrogens is 432 g/mol. The highest BCUT2D eigenvalue weighted by Crippen LogP contribution is 2.33. The van der Waals surface area contributed by atoms with E-state index in [-0.39, 0.29) is 29.8 Å². The summed E-state index contributed by atoms with van der Waals surface area (Å²) in [5.41, 5.74) is 1.91. The Morgan fingerprint density at radius 1 is 1.06 bits per heavy atom. The molecule has 1 saturated heterocycles. The molecule has 2 aliphatic rings. The fraction of sp³-hybridized carbons (Fsp3) is 0.364. The van der Waals surface area contributed by atoms with E-state index in [4.69, 9.17) is 4.74 Å². The zero-order valence-corrected chi connectivity index (χ0v) is 19.1. The van der Waals surface area contributed by atoms with Crippen molar-refractivity contribution in [3.63, 3.8) is 0 Å². The van der Waals surface area contributed by atoms with Gasteiger partial charge in [0.25, 0.3) is 11.8 Å². The average Bonchev–Trinajstić information content (AvgIpc) is 2.79. The molecule has 32 heavy (non-hydrogen) atoms. The first kappa shape index (κ1) is 22.1. The standard InChI is InChI=1S/C22H26N4O5S/c1-15-21(27)23-19-14-18(8-9-20(19)31-15)32(29,30)26-12-10-25(11-13-26)22(28)16-4-6-17(7-5-16)24(2)3/h4-9,14-15H,10-13H2,1-3H3,(H,23,27)/t15-/m1/s1. The van der Waals surface area contributed by atoms with Crippen LogP contribution in [0.2, 0.25) is 0 Å². The number of nitrogens with one attached hydrogen (secondary N) is 1. The first-order valence-corrected chi connectivity index (χ1v) is 11.8. The quantitative estimate of drug-likeness (QED) is 0.748. The van der Waals surface area contributed by atoms with Gasteiger partial charge in [-0.1, -0.05) is 0 Å². The number of anilines is 2. The number of sulfonamides is 1. The van der Waals surface area contributed by atoms with Crippen molar-refractivity contribution >= 4 is 33.2 Å². The third-order valence-electron chi connectivity index (χ3n) is 5.68. The van der Waals surface area contributed by atoms with E-state index in [1.165, 1.54) is 16.4 Å². The summed E-state index contributed by atoms with van der Waals surface area (Å²) in [5, 5.41) is 2.67. The molecule has 4 rings (SSSR count). The zero-order valence-electron chi connectivity index (χ0n) is 18.2. The van der Waals surface area contributed by atoms with Gasteiger partial charge in [0, 0.05) is 51.5 Å². The molecule has 2 aliphatic heterocycles. The number of ether oxygens (including phenoxy) is 1. The van der Waals surface area contributed by atoms with Crippen LogP contribution in [0.1, 0.15) is 17.3 Å². The number of benzene rings is 2. The van der Waals surface area contributed by atoms with Gasteiger partial charge in [0.05, 0.1) is 10.6 Å². The zero-order chi connectivity index (χ0) is 23.0. The second kappa shape index (κ2) is 8.44. The minimum Gasteiger partial charge on any atom is -0.479 e. The Morgan fingerprint density at radius 3 is 2.34 bits per heavy atom. The fourth-order valence-electron chi connectivity index (χ4n) is 3.71.